The summed E-state index contributed by atoms with van der Waals surface area (Å²) < 4.78 is 0. The maximum atomic E-state index is 11.8. The van der Waals surface area contributed by atoms with Gasteiger partial charge in [0.15, 0.2) is 0 Å². The molecule has 1 aliphatic rings. The zero-order valence-corrected chi connectivity index (χ0v) is 14.6. The van der Waals surface area contributed by atoms with Crippen LogP contribution in [0.4, 0.5) is 4.79 Å². The van der Waals surface area contributed by atoms with E-state index in [9.17, 15) is 4.79 Å². The molecule has 2 amide bonds. The number of likely N-dealkylation sites (N-methyl/N-ethyl adjacent to an activating group) is 1. The molecule has 1 aromatic heterocycles. The monoisotopic (exact) mass is 325 g/mol. The molecule has 0 aliphatic carbocycles. The lowest BCUT2D eigenvalue weighted by atomic mass is 10.2. The maximum absolute atomic E-state index is 11.8. The zero-order chi connectivity index (χ0) is 15.9. The van der Waals surface area contributed by atoms with Gasteiger partial charge in [-0.3, -0.25) is 4.90 Å². The molecule has 2 N–H and O–H groups in total. The van der Waals surface area contributed by atoms with Crippen molar-refractivity contribution in [1.29, 1.82) is 0 Å². The number of carbonyl (C=O) groups is 1. The average molecular weight is 325 g/mol. The summed E-state index contributed by atoms with van der Waals surface area (Å²) in [5.41, 5.74) is 1.00. The summed E-state index contributed by atoms with van der Waals surface area (Å²) in [7, 11) is 0. The lowest BCUT2D eigenvalue weighted by molar-refractivity contribution is 0.106. The van der Waals surface area contributed by atoms with Crippen molar-refractivity contribution in [3.63, 3.8) is 0 Å². The first-order valence-electron chi connectivity index (χ1n) is 7.97. The van der Waals surface area contributed by atoms with Gasteiger partial charge in [0, 0.05) is 49.8 Å². The molecule has 2 heterocycles. The first kappa shape index (κ1) is 17.2. The van der Waals surface area contributed by atoms with Gasteiger partial charge in [-0.05, 0) is 20.4 Å². The number of carbonyl (C=O) groups excluding carboxylic acids is 1. The van der Waals surface area contributed by atoms with Crippen LogP contribution >= 0.6 is 11.3 Å². The Morgan fingerprint density at radius 2 is 2.09 bits per heavy atom. The maximum Gasteiger partial charge on any atom is 0.315 e. The van der Waals surface area contributed by atoms with Crippen molar-refractivity contribution in [3.8, 4) is 0 Å². The molecule has 1 aliphatic heterocycles. The van der Waals surface area contributed by atoms with Crippen LogP contribution in [-0.4, -0.2) is 66.1 Å². The molecule has 1 atom stereocenters. The van der Waals surface area contributed by atoms with Crippen molar-refractivity contribution in [2.24, 2.45) is 0 Å². The van der Waals surface area contributed by atoms with Gasteiger partial charge in [0.05, 0.1) is 6.54 Å². The Morgan fingerprint density at radius 3 is 2.68 bits per heavy atom. The fourth-order valence-corrected chi connectivity index (χ4v) is 3.30. The van der Waals surface area contributed by atoms with E-state index < -0.39 is 0 Å². The summed E-state index contributed by atoms with van der Waals surface area (Å²) in [5, 5.41) is 8.75. The molecule has 0 saturated carbocycles. The molecule has 0 bridgehead atoms. The molecule has 22 heavy (non-hydrogen) atoms. The number of urea groups is 1. The quantitative estimate of drug-likeness (QED) is 0.827. The topological polar surface area (TPSA) is 60.5 Å². The highest BCUT2D eigenvalue weighted by molar-refractivity contribution is 7.09. The Hall–Kier alpha value is -1.18. The number of amides is 2. The molecule has 0 aromatic carbocycles. The summed E-state index contributed by atoms with van der Waals surface area (Å²) in [5.74, 6) is 0. The highest BCUT2D eigenvalue weighted by Crippen LogP contribution is 2.08. The third-order valence-electron chi connectivity index (χ3n) is 4.10. The highest BCUT2D eigenvalue weighted by Gasteiger charge is 2.20. The van der Waals surface area contributed by atoms with Gasteiger partial charge >= 0.3 is 6.03 Å². The van der Waals surface area contributed by atoms with Crippen LogP contribution in [0.25, 0.3) is 0 Å². The zero-order valence-electron chi connectivity index (χ0n) is 13.8. The number of thiazole rings is 1. The average Bonchev–Trinajstić information content (AvgIpc) is 2.96. The number of aryl methyl sites for hydroxylation is 1. The Kier molecular flexibility index (Phi) is 6.60. The van der Waals surface area contributed by atoms with Crippen molar-refractivity contribution >= 4 is 17.4 Å². The minimum absolute atomic E-state index is 0.119. The number of nitrogens with zero attached hydrogens (tertiary/aromatic N) is 3. The van der Waals surface area contributed by atoms with Crippen molar-refractivity contribution in [1.82, 2.24) is 25.4 Å². The summed E-state index contributed by atoms with van der Waals surface area (Å²) in [4.78, 5) is 21.1. The van der Waals surface area contributed by atoms with Gasteiger partial charge in [-0.25, -0.2) is 9.78 Å². The summed E-state index contributed by atoms with van der Waals surface area (Å²) in [6, 6.07) is 0.249. The van der Waals surface area contributed by atoms with Crippen molar-refractivity contribution in [2.45, 2.75) is 33.4 Å². The van der Waals surface area contributed by atoms with Gasteiger partial charge in [0.25, 0.3) is 0 Å². The highest BCUT2D eigenvalue weighted by atomic mass is 32.1. The van der Waals surface area contributed by atoms with E-state index in [1.807, 2.05) is 12.3 Å². The summed E-state index contributed by atoms with van der Waals surface area (Å²) >= 11 is 1.57. The van der Waals surface area contributed by atoms with Crippen LogP contribution in [0.3, 0.4) is 0 Å². The van der Waals surface area contributed by atoms with Gasteiger partial charge in [-0.15, -0.1) is 11.3 Å². The van der Waals surface area contributed by atoms with E-state index in [0.717, 1.165) is 43.4 Å². The number of piperazine rings is 1. The normalized spacial score (nSPS) is 18.1. The molecule has 124 valence electrons. The van der Waals surface area contributed by atoms with E-state index in [2.05, 4.69) is 39.3 Å². The molecule has 0 radical (unpaired) electrons. The standard InChI is InChI=1S/C15H27N5OS/c1-4-19-5-7-20(8-6-19)13(3)9-16-15(21)17-10-14-18-12(2)11-22-14/h11,13H,4-10H2,1-3H3,(H2,16,17,21). The van der Waals surface area contributed by atoms with Crippen LogP contribution in [0, 0.1) is 6.92 Å². The molecule has 6 nitrogen and oxygen atoms in total. The number of hydrogen-bond acceptors (Lipinski definition) is 5. The Balaban J connectivity index is 1.63. The molecule has 2 rings (SSSR count). The van der Waals surface area contributed by atoms with Gasteiger partial charge < -0.3 is 15.5 Å². The molecule has 7 heteroatoms. The SMILES string of the molecule is CCN1CCN(C(C)CNC(=O)NCc2nc(C)cs2)CC1. The first-order valence-corrected chi connectivity index (χ1v) is 8.85. The van der Waals surface area contributed by atoms with Crippen molar-refractivity contribution in [3.05, 3.63) is 16.1 Å². The van der Waals surface area contributed by atoms with Crippen LogP contribution < -0.4 is 10.6 Å². The second kappa shape index (κ2) is 8.45. The van der Waals surface area contributed by atoms with Crippen LogP contribution in [0.5, 0.6) is 0 Å². The lowest BCUT2D eigenvalue weighted by Crippen LogP contribution is -2.52. The van der Waals surface area contributed by atoms with Gasteiger partial charge in [-0.2, -0.15) is 0 Å². The number of aromatic nitrogens is 1. The van der Waals surface area contributed by atoms with Crippen LogP contribution in [0.2, 0.25) is 0 Å². The fraction of sp³-hybridized carbons (Fsp3) is 0.733. The number of rotatable bonds is 6. The second-order valence-electron chi connectivity index (χ2n) is 5.77. The van der Waals surface area contributed by atoms with E-state index in [1.54, 1.807) is 11.3 Å². The van der Waals surface area contributed by atoms with Gasteiger partial charge in [-0.1, -0.05) is 6.92 Å². The molecule has 0 spiro atoms. The Morgan fingerprint density at radius 1 is 1.36 bits per heavy atom. The van der Waals surface area contributed by atoms with E-state index in [4.69, 9.17) is 0 Å². The Bertz CT molecular complexity index is 470. The molecule has 1 unspecified atom stereocenters. The summed E-state index contributed by atoms with van der Waals surface area (Å²) in [6.07, 6.45) is 0. The van der Waals surface area contributed by atoms with Crippen LogP contribution in [0.1, 0.15) is 24.5 Å². The van der Waals surface area contributed by atoms with Crippen LogP contribution in [-0.2, 0) is 6.54 Å². The minimum atomic E-state index is -0.119. The fourth-order valence-electron chi connectivity index (χ4n) is 2.59. The van der Waals surface area contributed by atoms with E-state index in [0.29, 0.717) is 19.1 Å². The molecule has 1 saturated heterocycles. The minimum Gasteiger partial charge on any atom is -0.337 e. The third-order valence-corrected chi connectivity index (χ3v) is 5.07. The number of hydrogen-bond donors (Lipinski definition) is 2. The predicted molar refractivity (Wildman–Crippen MR) is 90.2 cm³/mol. The first-order chi connectivity index (χ1) is 10.6. The molecular weight excluding hydrogens is 298 g/mol. The molecular formula is C15H27N5OS. The van der Waals surface area contributed by atoms with Crippen molar-refractivity contribution in [2.75, 3.05) is 39.3 Å². The summed E-state index contributed by atoms with van der Waals surface area (Å²) in [6.45, 7) is 13.0. The van der Waals surface area contributed by atoms with Crippen molar-refractivity contribution < 1.29 is 4.79 Å². The smallest absolute Gasteiger partial charge is 0.315 e. The Labute approximate surface area is 136 Å². The van der Waals surface area contributed by atoms with E-state index in [1.165, 1.54) is 0 Å². The third kappa shape index (κ3) is 5.23. The van der Waals surface area contributed by atoms with E-state index in [-0.39, 0.29) is 6.03 Å². The lowest BCUT2D eigenvalue weighted by Gasteiger charge is -2.37. The second-order valence-corrected chi connectivity index (χ2v) is 6.71. The van der Waals surface area contributed by atoms with Gasteiger partial charge in [0.2, 0.25) is 0 Å². The van der Waals surface area contributed by atoms with Crippen LogP contribution in [0.15, 0.2) is 5.38 Å². The largest absolute Gasteiger partial charge is 0.337 e. The molecule has 1 aromatic rings. The van der Waals surface area contributed by atoms with Gasteiger partial charge in [0.1, 0.15) is 5.01 Å². The number of nitrogens with one attached hydrogen (secondary N) is 2. The predicted octanol–water partition coefficient (Wildman–Crippen LogP) is 1.28. The van der Waals surface area contributed by atoms with E-state index >= 15 is 0 Å². The molecule has 1 fully saturated rings.